The number of likely N-dealkylation sites (N-methyl/N-ethyl adjacent to an activating group) is 2. The molecule has 3 heteroatoms. The van der Waals surface area contributed by atoms with E-state index in [1.807, 2.05) is 20.9 Å². The summed E-state index contributed by atoms with van der Waals surface area (Å²) in [6.45, 7) is 18.9. The quantitative estimate of drug-likeness (QED) is 0.632. The van der Waals surface area contributed by atoms with Gasteiger partial charge in [-0.1, -0.05) is 48.5 Å². The summed E-state index contributed by atoms with van der Waals surface area (Å²) in [5.74, 6) is 0.687. The van der Waals surface area contributed by atoms with Crippen molar-refractivity contribution >= 4 is 0 Å². The smallest absolute Gasteiger partial charge is 0.00764 e. The minimum Gasteiger partial charge on any atom is -0.330 e. The fourth-order valence-electron chi connectivity index (χ4n) is 0.626. The van der Waals surface area contributed by atoms with Crippen LogP contribution >= 0.6 is 0 Å². The Hall–Kier alpha value is -0.120. The topological polar surface area (TPSA) is 50.1 Å². The zero-order chi connectivity index (χ0) is 14.3. The molecule has 0 aromatic rings. The summed E-state index contributed by atoms with van der Waals surface area (Å²) < 4.78 is 0. The maximum Gasteiger partial charge on any atom is 0.00764 e. The Morgan fingerprint density at radius 1 is 1.12 bits per heavy atom. The molecule has 0 aliphatic rings. The van der Waals surface area contributed by atoms with Crippen molar-refractivity contribution in [2.24, 2.45) is 17.1 Å². The lowest BCUT2D eigenvalue weighted by atomic mass is 9.81. The summed E-state index contributed by atoms with van der Waals surface area (Å²) >= 11 is 0. The lowest BCUT2D eigenvalue weighted by Gasteiger charge is -2.26. The summed E-state index contributed by atoms with van der Waals surface area (Å²) in [6, 6.07) is 0. The molecule has 0 saturated heterocycles. The van der Waals surface area contributed by atoms with E-state index in [1.165, 1.54) is 0 Å². The second-order valence-electron chi connectivity index (χ2n) is 4.80. The molecule has 0 heterocycles. The Bertz CT molecular complexity index is 119. The molecular weight excluding hydrogens is 210 g/mol. The largest absolute Gasteiger partial charge is 0.330 e. The summed E-state index contributed by atoms with van der Waals surface area (Å²) in [5.41, 5.74) is 5.83. The number of rotatable bonds is 6. The molecule has 0 atom stereocenters. The Labute approximate surface area is 110 Å². The summed E-state index contributed by atoms with van der Waals surface area (Å²) in [5, 5.41) is 6.23. The van der Waals surface area contributed by atoms with Crippen LogP contribution in [-0.4, -0.2) is 33.2 Å². The number of hydrogen-bond donors (Lipinski definition) is 3. The van der Waals surface area contributed by atoms with E-state index in [-0.39, 0.29) is 0 Å². The standard InChI is InChI=1S/C7H17N.C5H14N2.C2H6/c1-6(2)7(3,4)5-8;1-3-7-5-4-6-2;1-2/h6H,5,8H2,1-4H3;6-7H,3-5H2,1-2H3;1-2H3. The second-order valence-corrected chi connectivity index (χ2v) is 4.80. The highest BCUT2D eigenvalue weighted by Crippen LogP contribution is 2.23. The highest BCUT2D eigenvalue weighted by Gasteiger charge is 2.19. The first kappa shape index (κ1) is 22.1. The van der Waals surface area contributed by atoms with Crippen molar-refractivity contribution in [1.29, 1.82) is 0 Å². The van der Waals surface area contributed by atoms with Gasteiger partial charge in [0.25, 0.3) is 0 Å². The van der Waals surface area contributed by atoms with E-state index in [0.29, 0.717) is 11.3 Å². The van der Waals surface area contributed by atoms with Crippen LogP contribution in [0.3, 0.4) is 0 Å². The molecule has 0 radical (unpaired) electrons. The molecule has 0 fully saturated rings. The average Bonchev–Trinajstić information content (AvgIpc) is 2.33. The first-order valence-corrected chi connectivity index (χ1v) is 6.97. The molecule has 0 unspecified atom stereocenters. The molecular formula is C14H37N3. The fourth-order valence-corrected chi connectivity index (χ4v) is 0.626. The SMILES string of the molecule is CC.CC(C)C(C)(C)CN.CCNCCNC. The van der Waals surface area contributed by atoms with Gasteiger partial charge in [0.15, 0.2) is 0 Å². The number of hydrogen-bond acceptors (Lipinski definition) is 3. The van der Waals surface area contributed by atoms with Gasteiger partial charge in [0.2, 0.25) is 0 Å². The van der Waals surface area contributed by atoms with E-state index in [2.05, 4.69) is 45.3 Å². The number of nitrogens with one attached hydrogen (secondary N) is 2. The Balaban J connectivity index is -0.000000202. The first-order chi connectivity index (χ1) is 7.92. The minimum atomic E-state index is 0.319. The third-order valence-electron chi connectivity index (χ3n) is 2.89. The third kappa shape index (κ3) is 18.4. The van der Waals surface area contributed by atoms with Crippen LogP contribution in [0.1, 0.15) is 48.5 Å². The van der Waals surface area contributed by atoms with Gasteiger partial charge in [0.05, 0.1) is 0 Å². The van der Waals surface area contributed by atoms with E-state index in [9.17, 15) is 0 Å². The lowest BCUT2D eigenvalue weighted by molar-refractivity contribution is 0.261. The Kier molecular flexibility index (Phi) is 20.6. The third-order valence-corrected chi connectivity index (χ3v) is 2.89. The highest BCUT2D eigenvalue weighted by atomic mass is 14.9. The average molecular weight is 247 g/mol. The molecule has 0 bridgehead atoms. The molecule has 17 heavy (non-hydrogen) atoms. The maximum atomic E-state index is 5.51. The summed E-state index contributed by atoms with van der Waals surface area (Å²) in [7, 11) is 1.96. The van der Waals surface area contributed by atoms with Gasteiger partial charge in [-0.25, -0.2) is 0 Å². The van der Waals surface area contributed by atoms with Crippen molar-refractivity contribution in [3.63, 3.8) is 0 Å². The van der Waals surface area contributed by atoms with Crippen LogP contribution in [0.15, 0.2) is 0 Å². The van der Waals surface area contributed by atoms with Crippen LogP contribution in [-0.2, 0) is 0 Å². The van der Waals surface area contributed by atoms with Crippen molar-refractivity contribution in [3.8, 4) is 0 Å². The van der Waals surface area contributed by atoms with Gasteiger partial charge in [-0.15, -0.1) is 0 Å². The summed E-state index contributed by atoms with van der Waals surface area (Å²) in [4.78, 5) is 0. The van der Waals surface area contributed by atoms with Crippen LogP contribution in [0, 0.1) is 11.3 Å². The predicted octanol–water partition coefficient (Wildman–Crippen LogP) is 2.47. The van der Waals surface area contributed by atoms with Crippen LogP contribution < -0.4 is 16.4 Å². The van der Waals surface area contributed by atoms with Gasteiger partial charge in [-0.2, -0.15) is 0 Å². The monoisotopic (exact) mass is 247 g/mol. The first-order valence-electron chi connectivity index (χ1n) is 6.97. The van der Waals surface area contributed by atoms with E-state index < -0.39 is 0 Å². The van der Waals surface area contributed by atoms with Gasteiger partial charge in [0, 0.05) is 13.1 Å². The van der Waals surface area contributed by atoms with Crippen LogP contribution in [0.25, 0.3) is 0 Å². The molecule has 0 aliphatic heterocycles. The molecule has 4 N–H and O–H groups in total. The molecule has 0 aromatic carbocycles. The van der Waals surface area contributed by atoms with E-state index in [0.717, 1.165) is 26.2 Å². The van der Waals surface area contributed by atoms with Gasteiger partial charge in [-0.05, 0) is 31.5 Å². The van der Waals surface area contributed by atoms with Crippen LogP contribution in [0.2, 0.25) is 0 Å². The maximum absolute atomic E-state index is 5.51. The van der Waals surface area contributed by atoms with Crippen LogP contribution in [0.5, 0.6) is 0 Å². The van der Waals surface area contributed by atoms with Gasteiger partial charge in [0.1, 0.15) is 0 Å². The van der Waals surface area contributed by atoms with Crippen molar-refractivity contribution in [3.05, 3.63) is 0 Å². The van der Waals surface area contributed by atoms with Gasteiger partial charge in [-0.3, -0.25) is 0 Å². The zero-order valence-electron chi connectivity index (χ0n) is 13.5. The zero-order valence-corrected chi connectivity index (χ0v) is 13.5. The van der Waals surface area contributed by atoms with Crippen LogP contribution in [0.4, 0.5) is 0 Å². The van der Waals surface area contributed by atoms with Crippen molar-refractivity contribution < 1.29 is 0 Å². The normalized spacial score (nSPS) is 10.2. The molecule has 108 valence electrons. The molecule has 0 aliphatic carbocycles. The van der Waals surface area contributed by atoms with E-state index in [4.69, 9.17) is 5.73 Å². The van der Waals surface area contributed by atoms with Gasteiger partial charge >= 0.3 is 0 Å². The number of nitrogens with two attached hydrogens (primary N) is 1. The predicted molar refractivity (Wildman–Crippen MR) is 81.5 cm³/mol. The Morgan fingerprint density at radius 2 is 1.59 bits per heavy atom. The summed E-state index contributed by atoms with van der Waals surface area (Å²) in [6.07, 6.45) is 0. The molecule has 0 spiro atoms. The molecule has 3 nitrogen and oxygen atoms in total. The molecule has 0 aromatic heterocycles. The van der Waals surface area contributed by atoms with Crippen molar-refractivity contribution in [1.82, 2.24) is 10.6 Å². The Morgan fingerprint density at radius 3 is 1.76 bits per heavy atom. The van der Waals surface area contributed by atoms with Crippen molar-refractivity contribution in [2.75, 3.05) is 33.2 Å². The van der Waals surface area contributed by atoms with E-state index >= 15 is 0 Å². The highest BCUT2D eigenvalue weighted by molar-refractivity contribution is 4.72. The van der Waals surface area contributed by atoms with Gasteiger partial charge < -0.3 is 16.4 Å². The molecule has 0 amide bonds. The van der Waals surface area contributed by atoms with Crippen molar-refractivity contribution in [2.45, 2.75) is 48.5 Å². The lowest BCUT2D eigenvalue weighted by Crippen LogP contribution is -2.28. The fraction of sp³-hybridized carbons (Fsp3) is 1.00. The van der Waals surface area contributed by atoms with E-state index in [1.54, 1.807) is 0 Å². The second kappa shape index (κ2) is 15.9. The molecule has 0 rings (SSSR count). The molecule has 0 saturated carbocycles. The minimum absolute atomic E-state index is 0.319.